The number of halogens is 1. The summed E-state index contributed by atoms with van der Waals surface area (Å²) in [5, 5.41) is 24.5. The molecule has 1 fully saturated rings. The minimum atomic E-state index is -1.46. The van der Waals surface area contributed by atoms with Crippen molar-refractivity contribution in [1.82, 2.24) is 57.3 Å². The van der Waals surface area contributed by atoms with Gasteiger partial charge in [0.25, 0.3) is 0 Å². The first-order valence-corrected chi connectivity index (χ1v) is 35.4. The fourth-order valence-corrected chi connectivity index (χ4v) is 14.6. The van der Waals surface area contributed by atoms with Crippen molar-refractivity contribution in [3.63, 3.8) is 0 Å². The Bertz CT molecular complexity index is 3570. The van der Waals surface area contributed by atoms with E-state index in [1.807, 2.05) is 36.4 Å². The van der Waals surface area contributed by atoms with Crippen LogP contribution in [0.2, 0.25) is 0 Å². The largest absolute Gasteiger partial charge is 0.497 e. The summed E-state index contributed by atoms with van der Waals surface area (Å²) in [6.07, 6.45) is 10.2. The average Bonchev–Trinajstić information content (AvgIpc) is 1.68. The predicted octanol–water partition coefficient (Wildman–Crippen LogP) is 5.96. The predicted molar refractivity (Wildman–Crippen MR) is 366 cm³/mol. The van der Waals surface area contributed by atoms with E-state index in [4.69, 9.17) is 4.74 Å². The molecule has 1 aromatic heterocycles. The summed E-state index contributed by atoms with van der Waals surface area (Å²) < 4.78 is 20.5. The number of ether oxygens (including phenoxy) is 1. The third kappa shape index (κ3) is 19.7. The van der Waals surface area contributed by atoms with Gasteiger partial charge in [0.1, 0.15) is 47.3 Å². The standard InChI is InChI=1S/C71H90FN11O10S2/c1-45-64(86)78-46(2)65(87)80-58-37-48-14-11-15-49(34-48)40-76-62(84)26-25-61(82(3)68(90)60(81-66(58)88)38-52-41-74-57-24-21-53(72)39-56(52)57)67(89)79-54-18-9-7-5-6-8-10-28-71(29-13-31-83(71)69(91)59(75-42-54)36-47-19-22-55(93-4)23-20-47)70(92)73-30-33-95-44-51-17-12-16-50(35-51)43-94-32-27-63(85)77-45/h6,8,11-12,14-17,19-24,34-35,39,41,45-46,54,58-61,74-75H,5,7,9-10,13,18,25-33,36-38,40,42-44H2,1-4H3,(H,73,92)(H,76,84)(H,77,85)(H,78,86)(H,79,89)(H,80,87)(H,81,88)/b8-6-/t45-,46+,54-,58-,59-,60-,61-,71+/m0/s1. The summed E-state index contributed by atoms with van der Waals surface area (Å²) >= 11 is 3.27. The van der Waals surface area contributed by atoms with Gasteiger partial charge in [-0.3, -0.25) is 43.2 Å². The highest BCUT2D eigenvalue weighted by molar-refractivity contribution is 7.98. The van der Waals surface area contributed by atoms with Crippen molar-refractivity contribution in [3.05, 3.63) is 149 Å². The molecular weight excluding hydrogens is 1250 g/mol. The molecule has 8 bridgehead atoms. The number of hydrogen-bond acceptors (Lipinski definition) is 13. The molecule has 24 heteroatoms. The van der Waals surface area contributed by atoms with E-state index in [0.717, 1.165) is 29.5 Å². The van der Waals surface area contributed by atoms with Crippen LogP contribution in [0.3, 0.4) is 0 Å². The molecule has 9 amide bonds. The first-order valence-electron chi connectivity index (χ1n) is 33.1. The van der Waals surface area contributed by atoms with Crippen molar-refractivity contribution in [2.75, 3.05) is 45.3 Å². The number of carbonyl (C=O) groups is 9. The zero-order valence-corrected chi connectivity index (χ0v) is 56.3. The number of aromatic nitrogens is 1. The normalized spacial score (nSPS) is 25.8. The summed E-state index contributed by atoms with van der Waals surface area (Å²) in [4.78, 5) is 138. The number of allylic oxidation sites excluding steroid dienone is 2. The maximum atomic E-state index is 15.6. The Hall–Kier alpha value is -8.22. The van der Waals surface area contributed by atoms with Gasteiger partial charge in [0.05, 0.1) is 13.2 Å². The molecule has 9 N–H and O–H groups in total. The lowest BCUT2D eigenvalue weighted by molar-refractivity contribution is -0.147. The van der Waals surface area contributed by atoms with E-state index < -0.39 is 89.1 Å². The number of fused-ring (bicyclic) bond motifs is 15. The Balaban J connectivity index is 1.07. The SMILES string of the molecule is COc1ccc(C[C@@H]2NC[C@@H]3CCCC/C=C\CC[C@@]4(CCCN4C2=O)C(=O)NCCSCc2cccc(c2)CSCCC(=O)N[C@@H](C)C(=O)N[C@H](C)C(=O)N[C@H]2Cc4cccc(c4)CNC(=O)CC[C@@H](C(=O)N3)N(C)C(=O)[C@H](Cc3c[nH]c4ccc(F)cc34)NC2=O)cc1. The van der Waals surface area contributed by atoms with Crippen LogP contribution in [0.15, 0.2) is 109 Å². The minimum absolute atomic E-state index is 0.0711. The maximum absolute atomic E-state index is 15.6. The van der Waals surface area contributed by atoms with Crippen molar-refractivity contribution >= 4 is 87.6 Å². The van der Waals surface area contributed by atoms with E-state index in [-0.39, 0.29) is 69.3 Å². The zero-order chi connectivity index (χ0) is 67.4. The molecule has 4 aliphatic heterocycles. The first-order chi connectivity index (χ1) is 45.9. The number of aromatic amines is 1. The van der Waals surface area contributed by atoms with Gasteiger partial charge in [-0.2, -0.15) is 23.5 Å². The topological polar surface area (TPSA) is 281 Å². The van der Waals surface area contributed by atoms with Gasteiger partial charge in [-0.05, 0) is 135 Å². The molecule has 508 valence electrons. The third-order valence-electron chi connectivity index (χ3n) is 18.2. The Labute approximate surface area is 563 Å². The molecule has 0 radical (unpaired) electrons. The number of nitrogens with zero attached hydrogens (tertiary/aromatic N) is 2. The highest BCUT2D eigenvalue weighted by Crippen LogP contribution is 2.36. The Morgan fingerprint density at radius 1 is 0.642 bits per heavy atom. The van der Waals surface area contributed by atoms with Crippen molar-refractivity contribution in [1.29, 1.82) is 0 Å². The van der Waals surface area contributed by atoms with Crippen LogP contribution in [0.4, 0.5) is 4.39 Å². The summed E-state index contributed by atoms with van der Waals surface area (Å²) in [5.41, 5.74) is 4.17. The lowest BCUT2D eigenvalue weighted by Gasteiger charge is -2.39. The van der Waals surface area contributed by atoms with E-state index in [9.17, 15) is 24.0 Å². The smallest absolute Gasteiger partial charge is 0.246 e. The molecule has 21 nitrogen and oxygen atoms in total. The average molecular weight is 1340 g/mol. The number of thioether (sulfide) groups is 2. The van der Waals surface area contributed by atoms with Gasteiger partial charge < -0.3 is 62.1 Å². The lowest BCUT2D eigenvalue weighted by atomic mass is 9.88. The monoisotopic (exact) mass is 1340 g/mol. The quantitative estimate of drug-likeness (QED) is 0.0920. The van der Waals surface area contributed by atoms with Gasteiger partial charge in [0, 0.05) is 105 Å². The van der Waals surface area contributed by atoms with Gasteiger partial charge in [0.2, 0.25) is 53.2 Å². The summed E-state index contributed by atoms with van der Waals surface area (Å²) in [7, 11) is 3.01. The molecule has 1 saturated heterocycles. The second-order valence-corrected chi connectivity index (χ2v) is 27.4. The van der Waals surface area contributed by atoms with E-state index >= 15 is 23.6 Å². The van der Waals surface area contributed by atoms with Crippen molar-refractivity contribution in [2.45, 2.75) is 170 Å². The molecule has 9 rings (SSSR count). The number of methoxy groups -OCH3 is 1. The van der Waals surface area contributed by atoms with Crippen molar-refractivity contribution in [3.8, 4) is 5.75 Å². The van der Waals surface area contributed by atoms with Crippen LogP contribution < -0.4 is 47.3 Å². The van der Waals surface area contributed by atoms with Crippen LogP contribution in [0.5, 0.6) is 5.75 Å². The van der Waals surface area contributed by atoms with Crippen LogP contribution in [-0.2, 0) is 80.5 Å². The van der Waals surface area contributed by atoms with E-state index in [2.05, 4.69) is 71.8 Å². The minimum Gasteiger partial charge on any atom is -0.497 e. The number of amides is 9. The van der Waals surface area contributed by atoms with Gasteiger partial charge in [0.15, 0.2) is 0 Å². The Kier molecular flexibility index (Phi) is 25.8. The maximum Gasteiger partial charge on any atom is 0.246 e. The second-order valence-electron chi connectivity index (χ2n) is 25.2. The van der Waals surface area contributed by atoms with Crippen molar-refractivity contribution in [2.24, 2.45) is 0 Å². The molecule has 5 heterocycles. The highest BCUT2D eigenvalue weighted by Gasteiger charge is 2.50. The summed E-state index contributed by atoms with van der Waals surface area (Å²) in [5.74, 6) is -2.18. The van der Waals surface area contributed by atoms with E-state index in [0.29, 0.717) is 108 Å². The van der Waals surface area contributed by atoms with E-state index in [1.54, 1.807) is 72.1 Å². The highest BCUT2D eigenvalue weighted by atomic mass is 32.2. The number of carbonyl (C=O) groups excluding carboxylic acids is 9. The fraction of sp³-hybridized carbons (Fsp3) is 0.479. The molecule has 4 aromatic carbocycles. The van der Waals surface area contributed by atoms with Crippen molar-refractivity contribution < 1.29 is 52.3 Å². The lowest BCUT2D eigenvalue weighted by Crippen LogP contribution is -2.62. The number of hydrogen-bond donors (Lipinski definition) is 9. The van der Waals surface area contributed by atoms with Gasteiger partial charge in [-0.15, -0.1) is 0 Å². The van der Waals surface area contributed by atoms with E-state index in [1.165, 1.54) is 37.9 Å². The van der Waals surface area contributed by atoms with Gasteiger partial charge >= 0.3 is 0 Å². The van der Waals surface area contributed by atoms with Crippen LogP contribution in [0.25, 0.3) is 10.9 Å². The van der Waals surface area contributed by atoms with Crippen LogP contribution in [0, 0.1) is 5.82 Å². The number of likely N-dealkylation sites (N-methyl/N-ethyl adjacent to an activating group) is 1. The van der Waals surface area contributed by atoms with Crippen LogP contribution in [-0.4, -0.2) is 161 Å². The third-order valence-corrected chi connectivity index (χ3v) is 20.3. The summed E-state index contributed by atoms with van der Waals surface area (Å²) in [6.45, 7) is 3.87. The molecular formula is C71H90FN11O10S2. The zero-order valence-electron chi connectivity index (χ0n) is 54.7. The number of benzene rings is 4. The molecule has 8 atom stereocenters. The molecule has 0 spiro atoms. The molecule has 95 heavy (non-hydrogen) atoms. The molecule has 5 aromatic rings. The summed E-state index contributed by atoms with van der Waals surface area (Å²) in [6, 6.07) is 19.0. The molecule has 4 aliphatic rings. The van der Waals surface area contributed by atoms with Gasteiger partial charge in [-0.1, -0.05) is 79.2 Å². The number of nitrogens with one attached hydrogen (secondary N) is 9. The number of rotatable bonds is 5. The molecule has 0 aliphatic carbocycles. The van der Waals surface area contributed by atoms with Gasteiger partial charge in [-0.25, -0.2) is 4.39 Å². The Morgan fingerprint density at radius 2 is 1.36 bits per heavy atom. The van der Waals surface area contributed by atoms with Crippen LogP contribution in [0.1, 0.15) is 118 Å². The molecule has 0 saturated carbocycles. The molecule has 0 unspecified atom stereocenters. The van der Waals surface area contributed by atoms with Crippen LogP contribution >= 0.6 is 23.5 Å². The number of H-pyrrole nitrogens is 1. The first kappa shape index (κ1) is 71.1. The Morgan fingerprint density at radius 3 is 2.14 bits per heavy atom. The fourth-order valence-electron chi connectivity index (χ4n) is 12.9. The second kappa shape index (κ2) is 34.5.